The Labute approximate surface area is 79.9 Å². The number of benzene rings is 1. The van der Waals surface area contributed by atoms with Gasteiger partial charge in [0.25, 0.3) is 0 Å². The summed E-state index contributed by atoms with van der Waals surface area (Å²) in [6.07, 6.45) is 0.234. The van der Waals surface area contributed by atoms with Gasteiger partial charge < -0.3 is 5.73 Å². The van der Waals surface area contributed by atoms with Crippen LogP contribution < -0.4 is 5.73 Å². The fourth-order valence-corrected chi connectivity index (χ4v) is 1.08. The predicted molar refractivity (Wildman–Crippen MR) is 50.9 cm³/mol. The molecule has 0 unspecified atom stereocenters. The van der Waals surface area contributed by atoms with Gasteiger partial charge in [0, 0.05) is 17.7 Å². The van der Waals surface area contributed by atoms with Crippen molar-refractivity contribution in [3.8, 4) is 0 Å². The fraction of sp³-hybridized carbons (Fsp3) is 0.222. The first-order chi connectivity index (χ1) is 6.60. The van der Waals surface area contributed by atoms with E-state index >= 15 is 0 Å². The first kappa shape index (κ1) is 10.3. The van der Waals surface area contributed by atoms with Crippen LogP contribution in [0.25, 0.3) is 0 Å². The maximum Gasteiger partial charge on any atom is 0.164 e. The van der Waals surface area contributed by atoms with Gasteiger partial charge in [0.15, 0.2) is 11.6 Å². The number of nitroso groups, excluding NO2 is 1. The molecule has 0 aliphatic heterocycles. The summed E-state index contributed by atoms with van der Waals surface area (Å²) in [5, 5.41) is 2.44. The zero-order valence-corrected chi connectivity index (χ0v) is 7.58. The minimum absolute atomic E-state index is 0.0767. The van der Waals surface area contributed by atoms with E-state index in [2.05, 4.69) is 5.18 Å². The van der Waals surface area contributed by atoms with Crippen molar-refractivity contribution in [3.05, 3.63) is 28.4 Å². The molecule has 0 spiro atoms. The highest BCUT2D eigenvalue weighted by molar-refractivity contribution is 6.01. The van der Waals surface area contributed by atoms with Crippen molar-refractivity contribution in [2.24, 2.45) is 5.18 Å². The van der Waals surface area contributed by atoms with Crippen LogP contribution in [0.5, 0.6) is 0 Å². The smallest absolute Gasteiger partial charge is 0.164 e. The number of halogens is 1. The van der Waals surface area contributed by atoms with Crippen LogP contribution in [0.1, 0.15) is 23.7 Å². The largest absolute Gasteiger partial charge is 0.398 e. The number of anilines is 1. The Morgan fingerprint density at radius 3 is 2.71 bits per heavy atom. The lowest BCUT2D eigenvalue weighted by atomic mass is 10.1. The fourth-order valence-electron chi connectivity index (χ4n) is 1.08. The molecule has 0 aliphatic rings. The lowest BCUT2D eigenvalue weighted by Crippen LogP contribution is -2.03. The van der Waals surface area contributed by atoms with Crippen molar-refractivity contribution >= 4 is 17.2 Å². The van der Waals surface area contributed by atoms with E-state index in [-0.39, 0.29) is 29.1 Å². The second-order valence-electron chi connectivity index (χ2n) is 2.76. The van der Waals surface area contributed by atoms with Gasteiger partial charge >= 0.3 is 0 Å². The molecule has 2 N–H and O–H groups in total. The molecule has 0 atom stereocenters. The summed E-state index contributed by atoms with van der Waals surface area (Å²) in [4.78, 5) is 21.3. The van der Waals surface area contributed by atoms with Crippen LogP contribution in [0.3, 0.4) is 0 Å². The predicted octanol–water partition coefficient (Wildman–Crippen LogP) is 2.40. The highest BCUT2D eigenvalue weighted by atomic mass is 19.1. The summed E-state index contributed by atoms with van der Waals surface area (Å²) in [7, 11) is 0. The summed E-state index contributed by atoms with van der Waals surface area (Å²) in [5.74, 6) is -1.09. The lowest BCUT2D eigenvalue weighted by molar-refractivity contribution is 0.0988. The van der Waals surface area contributed by atoms with Crippen molar-refractivity contribution in [2.45, 2.75) is 13.3 Å². The minimum atomic E-state index is -0.828. The maximum absolute atomic E-state index is 13.0. The van der Waals surface area contributed by atoms with Gasteiger partial charge in [-0.2, -0.15) is 0 Å². The number of nitrogen functional groups attached to an aromatic ring is 1. The Morgan fingerprint density at radius 2 is 2.21 bits per heavy atom. The number of ketones is 1. The maximum atomic E-state index is 13.0. The monoisotopic (exact) mass is 196 g/mol. The minimum Gasteiger partial charge on any atom is -0.398 e. The highest BCUT2D eigenvalue weighted by Gasteiger charge is 2.12. The van der Waals surface area contributed by atoms with Gasteiger partial charge in [-0.3, -0.25) is 4.79 Å². The van der Waals surface area contributed by atoms with E-state index in [1.54, 1.807) is 6.92 Å². The molecule has 74 valence electrons. The van der Waals surface area contributed by atoms with Crippen LogP contribution in [0.2, 0.25) is 0 Å². The molecule has 1 rings (SSSR count). The normalized spacial score (nSPS) is 9.86. The van der Waals surface area contributed by atoms with Crippen molar-refractivity contribution in [1.82, 2.24) is 0 Å². The summed E-state index contributed by atoms with van der Waals surface area (Å²) >= 11 is 0. The van der Waals surface area contributed by atoms with Gasteiger partial charge in [0.05, 0.1) is 0 Å². The summed E-state index contributed by atoms with van der Waals surface area (Å²) < 4.78 is 13.0. The first-order valence-corrected chi connectivity index (χ1v) is 4.05. The van der Waals surface area contributed by atoms with Crippen LogP contribution in [0.4, 0.5) is 15.8 Å². The number of hydrogen-bond acceptors (Lipinski definition) is 4. The molecule has 1 aromatic rings. The number of nitrogens with two attached hydrogens (primary N) is 1. The van der Waals surface area contributed by atoms with Gasteiger partial charge in [-0.1, -0.05) is 6.92 Å². The van der Waals surface area contributed by atoms with Gasteiger partial charge in [-0.05, 0) is 17.3 Å². The van der Waals surface area contributed by atoms with E-state index in [4.69, 9.17) is 5.73 Å². The Morgan fingerprint density at radius 1 is 1.57 bits per heavy atom. The second-order valence-corrected chi connectivity index (χ2v) is 2.76. The number of Topliss-reactive ketones (excluding diaryl/α,β-unsaturated/α-hetero) is 1. The quantitative estimate of drug-likeness (QED) is 0.458. The molecule has 0 radical (unpaired) electrons. The van der Waals surface area contributed by atoms with Gasteiger partial charge in [-0.15, -0.1) is 4.91 Å². The molecule has 0 fully saturated rings. The Bertz CT molecular complexity index is 391. The van der Waals surface area contributed by atoms with Crippen LogP contribution in [-0.2, 0) is 0 Å². The number of rotatable bonds is 3. The molecule has 5 heteroatoms. The zero-order chi connectivity index (χ0) is 10.7. The van der Waals surface area contributed by atoms with Crippen molar-refractivity contribution in [3.63, 3.8) is 0 Å². The molecule has 0 saturated carbocycles. The molecule has 0 heterocycles. The average molecular weight is 196 g/mol. The topological polar surface area (TPSA) is 72.5 Å². The molecule has 4 nitrogen and oxygen atoms in total. The third-order valence-corrected chi connectivity index (χ3v) is 1.84. The van der Waals surface area contributed by atoms with E-state index in [1.807, 2.05) is 0 Å². The Hall–Kier alpha value is -1.78. The number of carbonyl (C=O) groups is 1. The van der Waals surface area contributed by atoms with E-state index < -0.39 is 5.82 Å². The SMILES string of the molecule is CCC(=O)c1cc(F)c(N=O)cc1N. The molecule has 0 saturated heterocycles. The number of carbonyl (C=O) groups excluding carboxylic acids is 1. The average Bonchev–Trinajstić information content (AvgIpc) is 2.19. The molecular weight excluding hydrogens is 187 g/mol. The van der Waals surface area contributed by atoms with Gasteiger partial charge in [0.1, 0.15) is 5.69 Å². The van der Waals surface area contributed by atoms with Gasteiger partial charge in [0.2, 0.25) is 0 Å². The molecule has 0 amide bonds. The molecule has 0 aromatic heterocycles. The van der Waals surface area contributed by atoms with Crippen molar-refractivity contribution < 1.29 is 9.18 Å². The van der Waals surface area contributed by atoms with Crippen LogP contribution >= 0.6 is 0 Å². The van der Waals surface area contributed by atoms with Gasteiger partial charge in [-0.25, -0.2) is 4.39 Å². The van der Waals surface area contributed by atoms with E-state index in [9.17, 15) is 14.1 Å². The number of hydrogen-bond donors (Lipinski definition) is 1. The second kappa shape index (κ2) is 3.95. The van der Waals surface area contributed by atoms with Crippen LogP contribution in [0, 0.1) is 10.7 Å². The molecule has 1 aromatic carbocycles. The highest BCUT2D eigenvalue weighted by Crippen LogP contribution is 2.25. The van der Waals surface area contributed by atoms with Crippen LogP contribution in [0.15, 0.2) is 17.3 Å². The summed E-state index contributed by atoms with van der Waals surface area (Å²) in [6, 6.07) is 2.00. The number of nitrogens with zero attached hydrogens (tertiary/aromatic N) is 1. The summed E-state index contributed by atoms with van der Waals surface area (Å²) in [5.41, 5.74) is 5.25. The first-order valence-electron chi connectivity index (χ1n) is 4.05. The van der Waals surface area contributed by atoms with Crippen molar-refractivity contribution in [2.75, 3.05) is 5.73 Å². The van der Waals surface area contributed by atoms with Crippen LogP contribution in [-0.4, -0.2) is 5.78 Å². The zero-order valence-electron chi connectivity index (χ0n) is 7.58. The molecule has 14 heavy (non-hydrogen) atoms. The molecular formula is C9H9FN2O2. The third-order valence-electron chi connectivity index (χ3n) is 1.84. The van der Waals surface area contributed by atoms with E-state index in [1.165, 1.54) is 0 Å². The Balaban J connectivity index is 3.28. The van der Waals surface area contributed by atoms with Crippen molar-refractivity contribution in [1.29, 1.82) is 0 Å². The Kier molecular flexibility index (Phi) is 2.91. The molecule has 0 aliphatic carbocycles. The van der Waals surface area contributed by atoms with E-state index in [0.717, 1.165) is 12.1 Å². The summed E-state index contributed by atoms with van der Waals surface area (Å²) in [6.45, 7) is 1.64. The van der Waals surface area contributed by atoms with E-state index in [0.29, 0.717) is 0 Å². The molecule has 0 bridgehead atoms. The lowest BCUT2D eigenvalue weighted by Gasteiger charge is -2.03. The third kappa shape index (κ3) is 1.76. The standard InChI is InChI=1S/C9H9FN2O2/c1-2-9(13)5-3-6(10)8(12-14)4-7(5)11/h3-4H,2,11H2,1H3.